The van der Waals surface area contributed by atoms with Gasteiger partial charge in [-0.15, -0.1) is 0 Å². The lowest BCUT2D eigenvalue weighted by Crippen LogP contribution is -2.19. The lowest BCUT2D eigenvalue weighted by Gasteiger charge is -2.12. The molecule has 1 aliphatic rings. The highest BCUT2D eigenvalue weighted by atomic mass is 35.5. The van der Waals surface area contributed by atoms with Gasteiger partial charge in [-0.2, -0.15) is 5.26 Å². The Labute approximate surface area is 202 Å². The summed E-state index contributed by atoms with van der Waals surface area (Å²) < 4.78 is 5.54. The molecule has 0 unspecified atom stereocenters. The number of nitrogens with zero attached hydrogens (tertiary/aromatic N) is 2. The number of hydrogen-bond donors (Lipinski definition) is 0. The van der Waals surface area contributed by atoms with Crippen molar-refractivity contribution >= 4 is 23.2 Å². The molecule has 0 radical (unpaired) electrons. The van der Waals surface area contributed by atoms with Gasteiger partial charge in [-0.1, -0.05) is 61.3 Å². The molecule has 0 bridgehead atoms. The molecule has 1 aliphatic heterocycles. The van der Waals surface area contributed by atoms with Crippen molar-refractivity contribution in [3.05, 3.63) is 92.9 Å². The third-order valence-electron chi connectivity index (χ3n) is 5.27. The average molecular weight is 471 g/mol. The van der Waals surface area contributed by atoms with Crippen LogP contribution in [0.5, 0.6) is 0 Å². The standard InChI is InChI=1S/C11H17NO.C8H6ClN.C8H9Cl/c1-9-5-6-12(7-9)8-11-4-3-10(2)13-11;1-6-2-3-7(5-10)8(9)4-6;1-2-7-5-3-4-6-8(7)9/h3-4,9H,5-8H2,1-2H3;2-4H,1H3;3-6H,2H2,1H3/t9-;;/m0../s1. The first kappa shape index (κ1) is 26.0. The van der Waals surface area contributed by atoms with Gasteiger partial charge in [0.25, 0.3) is 0 Å². The zero-order valence-corrected chi connectivity index (χ0v) is 20.9. The van der Waals surface area contributed by atoms with Crippen LogP contribution < -0.4 is 0 Å². The molecule has 2 aromatic carbocycles. The molecule has 5 heteroatoms. The van der Waals surface area contributed by atoms with E-state index in [1.54, 1.807) is 12.1 Å². The van der Waals surface area contributed by atoms with Crippen molar-refractivity contribution in [1.29, 1.82) is 5.26 Å². The van der Waals surface area contributed by atoms with Gasteiger partial charge in [0.1, 0.15) is 17.6 Å². The molecule has 0 saturated carbocycles. The highest BCUT2D eigenvalue weighted by Crippen LogP contribution is 2.19. The van der Waals surface area contributed by atoms with Crippen molar-refractivity contribution in [3.63, 3.8) is 0 Å². The second-order valence-electron chi connectivity index (χ2n) is 8.18. The zero-order valence-electron chi connectivity index (χ0n) is 19.4. The lowest BCUT2D eigenvalue weighted by atomic mass is 10.2. The Kier molecular flexibility index (Phi) is 10.8. The van der Waals surface area contributed by atoms with Gasteiger partial charge in [0.05, 0.1) is 17.1 Å². The summed E-state index contributed by atoms with van der Waals surface area (Å²) >= 11 is 11.5. The Morgan fingerprint density at radius 3 is 2.31 bits per heavy atom. The third kappa shape index (κ3) is 8.71. The Morgan fingerprint density at radius 2 is 1.81 bits per heavy atom. The van der Waals surface area contributed by atoms with Crippen molar-refractivity contribution in [2.45, 2.75) is 47.1 Å². The predicted molar refractivity (Wildman–Crippen MR) is 134 cm³/mol. The van der Waals surface area contributed by atoms with E-state index in [1.165, 1.54) is 25.1 Å². The first-order valence-electron chi connectivity index (χ1n) is 11.0. The second kappa shape index (κ2) is 13.3. The summed E-state index contributed by atoms with van der Waals surface area (Å²) in [5.74, 6) is 2.98. The minimum atomic E-state index is 0.530. The molecule has 0 N–H and O–H groups in total. The van der Waals surface area contributed by atoms with Crippen molar-refractivity contribution < 1.29 is 4.42 Å². The van der Waals surface area contributed by atoms with Gasteiger partial charge in [0.15, 0.2) is 0 Å². The molecule has 0 amide bonds. The fourth-order valence-electron chi connectivity index (χ4n) is 3.46. The van der Waals surface area contributed by atoms with E-state index in [-0.39, 0.29) is 0 Å². The average Bonchev–Trinajstić information content (AvgIpc) is 3.37. The molecule has 0 aliphatic carbocycles. The van der Waals surface area contributed by atoms with Gasteiger partial charge in [0, 0.05) is 11.6 Å². The molecule has 1 saturated heterocycles. The van der Waals surface area contributed by atoms with Crippen LogP contribution in [-0.4, -0.2) is 18.0 Å². The summed E-state index contributed by atoms with van der Waals surface area (Å²) in [5, 5.41) is 9.88. The molecular formula is C27H32Cl2N2O. The summed E-state index contributed by atoms with van der Waals surface area (Å²) in [4.78, 5) is 2.46. The van der Waals surface area contributed by atoms with E-state index in [0.717, 1.165) is 41.0 Å². The largest absolute Gasteiger partial charge is 0.465 e. The minimum Gasteiger partial charge on any atom is -0.465 e. The maximum absolute atomic E-state index is 8.47. The molecule has 3 nitrogen and oxygen atoms in total. The number of hydrogen-bond acceptors (Lipinski definition) is 3. The van der Waals surface area contributed by atoms with E-state index in [9.17, 15) is 0 Å². The second-order valence-corrected chi connectivity index (χ2v) is 9.00. The lowest BCUT2D eigenvalue weighted by molar-refractivity contribution is 0.286. The number of benzene rings is 2. The van der Waals surface area contributed by atoms with E-state index in [2.05, 4.69) is 24.8 Å². The molecule has 1 atom stereocenters. The van der Waals surface area contributed by atoms with E-state index < -0.39 is 0 Å². The molecule has 2 heterocycles. The van der Waals surface area contributed by atoms with Gasteiger partial charge in [0.2, 0.25) is 0 Å². The topological polar surface area (TPSA) is 40.2 Å². The van der Waals surface area contributed by atoms with Crippen LogP contribution in [0.15, 0.2) is 59.0 Å². The van der Waals surface area contributed by atoms with Crippen LogP contribution in [0, 0.1) is 31.1 Å². The number of rotatable bonds is 3. The number of furan rings is 1. The fraction of sp³-hybridized carbons (Fsp3) is 0.370. The van der Waals surface area contributed by atoms with Crippen LogP contribution in [0.4, 0.5) is 0 Å². The highest BCUT2D eigenvalue weighted by Gasteiger charge is 2.19. The SMILES string of the molecule is CCc1ccccc1Cl.Cc1ccc(C#N)c(Cl)c1.Cc1ccc(CN2CC[C@H](C)C2)o1. The van der Waals surface area contributed by atoms with Crippen LogP contribution in [0.25, 0.3) is 0 Å². The van der Waals surface area contributed by atoms with Crippen LogP contribution in [-0.2, 0) is 13.0 Å². The Bertz CT molecular complexity index is 1020. The van der Waals surface area contributed by atoms with E-state index in [1.807, 2.05) is 56.3 Å². The van der Waals surface area contributed by atoms with Gasteiger partial charge in [-0.05, 0) is 80.6 Å². The van der Waals surface area contributed by atoms with Gasteiger partial charge < -0.3 is 4.42 Å². The predicted octanol–water partition coefficient (Wildman–Crippen LogP) is 7.85. The molecule has 170 valence electrons. The summed E-state index contributed by atoms with van der Waals surface area (Å²) in [6.45, 7) is 11.8. The molecule has 1 aromatic heterocycles. The van der Waals surface area contributed by atoms with Crippen LogP contribution in [0.2, 0.25) is 10.0 Å². The maximum atomic E-state index is 8.47. The first-order valence-corrected chi connectivity index (χ1v) is 11.7. The summed E-state index contributed by atoms with van der Waals surface area (Å²) in [7, 11) is 0. The van der Waals surface area contributed by atoms with Crippen LogP contribution in [0.1, 0.15) is 48.5 Å². The minimum absolute atomic E-state index is 0.530. The molecule has 3 aromatic rings. The van der Waals surface area contributed by atoms with E-state index >= 15 is 0 Å². The zero-order chi connectivity index (χ0) is 23.5. The Balaban J connectivity index is 0.000000174. The van der Waals surface area contributed by atoms with Gasteiger partial charge >= 0.3 is 0 Å². The Hall–Kier alpha value is -2.25. The van der Waals surface area contributed by atoms with Gasteiger partial charge in [-0.25, -0.2) is 0 Å². The quantitative estimate of drug-likeness (QED) is 0.390. The highest BCUT2D eigenvalue weighted by molar-refractivity contribution is 6.31. The molecule has 32 heavy (non-hydrogen) atoms. The maximum Gasteiger partial charge on any atom is 0.118 e. The van der Waals surface area contributed by atoms with Crippen molar-refractivity contribution in [1.82, 2.24) is 4.90 Å². The molecule has 0 spiro atoms. The fourth-order valence-corrected chi connectivity index (χ4v) is 4.00. The third-order valence-corrected chi connectivity index (χ3v) is 5.95. The number of likely N-dealkylation sites (tertiary alicyclic amines) is 1. The number of aryl methyl sites for hydroxylation is 3. The molecule has 4 rings (SSSR count). The normalized spacial score (nSPS) is 15.2. The van der Waals surface area contributed by atoms with E-state index in [4.69, 9.17) is 32.9 Å². The number of nitriles is 1. The van der Waals surface area contributed by atoms with Crippen molar-refractivity contribution in [3.8, 4) is 6.07 Å². The Morgan fingerprint density at radius 1 is 1.06 bits per heavy atom. The van der Waals surface area contributed by atoms with E-state index in [0.29, 0.717) is 10.6 Å². The summed E-state index contributed by atoms with van der Waals surface area (Å²) in [6, 6.07) is 19.4. The number of halogens is 2. The van der Waals surface area contributed by atoms with Gasteiger partial charge in [-0.3, -0.25) is 4.90 Å². The smallest absolute Gasteiger partial charge is 0.118 e. The monoisotopic (exact) mass is 470 g/mol. The summed E-state index contributed by atoms with van der Waals surface area (Å²) in [6.07, 6.45) is 2.35. The van der Waals surface area contributed by atoms with Crippen LogP contribution in [0.3, 0.4) is 0 Å². The molecule has 1 fully saturated rings. The van der Waals surface area contributed by atoms with Crippen molar-refractivity contribution in [2.75, 3.05) is 13.1 Å². The van der Waals surface area contributed by atoms with Crippen LogP contribution >= 0.6 is 23.2 Å². The molecular weight excluding hydrogens is 439 g/mol. The summed E-state index contributed by atoms with van der Waals surface area (Å²) in [5.41, 5.74) is 2.83. The first-order chi connectivity index (χ1) is 15.3. The van der Waals surface area contributed by atoms with Crippen molar-refractivity contribution in [2.24, 2.45) is 5.92 Å².